The van der Waals surface area contributed by atoms with Crippen LogP contribution in [0.25, 0.3) is 0 Å². The Balaban J connectivity index is 0.00000320. The Bertz CT molecular complexity index is 627. The van der Waals surface area contributed by atoms with Crippen molar-refractivity contribution in [2.24, 2.45) is 10.4 Å². The highest BCUT2D eigenvalue weighted by Crippen LogP contribution is 2.31. The number of aliphatic hydroxyl groups is 1. The average molecular weight is 531 g/mol. The van der Waals surface area contributed by atoms with Gasteiger partial charge in [-0.1, -0.05) is 18.9 Å². The lowest BCUT2D eigenvalue weighted by Crippen LogP contribution is -2.44. The van der Waals surface area contributed by atoms with Gasteiger partial charge in [-0.15, -0.1) is 24.0 Å². The lowest BCUT2D eigenvalue weighted by molar-refractivity contribution is 0.127. The van der Waals surface area contributed by atoms with Crippen molar-refractivity contribution in [2.75, 3.05) is 50.9 Å². The van der Waals surface area contributed by atoms with Crippen LogP contribution in [0.5, 0.6) is 0 Å². The number of aliphatic imine (C=N–C) groups is 1. The number of rotatable bonds is 8. The van der Waals surface area contributed by atoms with Crippen LogP contribution in [0.4, 0.5) is 5.82 Å². The summed E-state index contributed by atoms with van der Waals surface area (Å²) in [4.78, 5) is 11.8. The molecule has 2 saturated heterocycles. The molecule has 2 aliphatic heterocycles. The van der Waals surface area contributed by atoms with Gasteiger partial charge in [-0.3, -0.25) is 0 Å². The van der Waals surface area contributed by atoms with E-state index in [-0.39, 0.29) is 36.0 Å². The quantitative estimate of drug-likeness (QED) is 0.272. The molecule has 1 aromatic rings. The van der Waals surface area contributed by atoms with Gasteiger partial charge in [-0.25, -0.2) is 9.98 Å². The molecule has 0 spiro atoms. The van der Waals surface area contributed by atoms with Crippen molar-refractivity contribution in [2.45, 2.75) is 52.0 Å². The molecule has 3 rings (SSSR count). The first-order valence-corrected chi connectivity index (χ1v) is 11.2. The van der Waals surface area contributed by atoms with Gasteiger partial charge in [0.25, 0.3) is 0 Å². The Morgan fingerprint density at radius 2 is 2.03 bits per heavy atom. The molecular weight excluding hydrogens is 493 g/mol. The highest BCUT2D eigenvalue weighted by Gasteiger charge is 2.34. The molecule has 1 atom stereocenters. The van der Waals surface area contributed by atoms with Crippen molar-refractivity contribution in [3.8, 4) is 0 Å². The average Bonchev–Trinajstić information content (AvgIpc) is 3.03. The number of anilines is 1. The number of nitrogens with zero attached hydrogens (tertiary/aromatic N) is 3. The number of nitrogens with one attached hydrogen (secondary N) is 2. The molecule has 0 saturated carbocycles. The standard InChI is InChI=1S/C22H37N5O2.HI/c1-2-23-21(26-17-22(9-13-28)10-14-29-18-22)25-16-19-7-8-20(24-15-19)27-11-5-3-4-6-12-27;/h7-8,15,28H,2-6,9-14,16-18H2,1H3,(H2,23,25,26);1H. The molecule has 8 heteroatoms. The van der Waals surface area contributed by atoms with Crippen LogP contribution in [-0.2, 0) is 11.3 Å². The van der Waals surface area contributed by atoms with Crippen LogP contribution in [-0.4, -0.2) is 62.0 Å². The van der Waals surface area contributed by atoms with Crippen LogP contribution in [0, 0.1) is 5.41 Å². The van der Waals surface area contributed by atoms with Gasteiger partial charge < -0.3 is 25.4 Å². The van der Waals surface area contributed by atoms with Crippen molar-refractivity contribution in [3.63, 3.8) is 0 Å². The molecule has 2 aliphatic rings. The lowest BCUT2D eigenvalue weighted by atomic mass is 9.84. The minimum absolute atomic E-state index is 0. The van der Waals surface area contributed by atoms with Crippen molar-refractivity contribution >= 4 is 35.8 Å². The van der Waals surface area contributed by atoms with Crippen LogP contribution in [0.15, 0.2) is 23.3 Å². The number of aromatic nitrogens is 1. The van der Waals surface area contributed by atoms with Gasteiger partial charge in [0.1, 0.15) is 5.82 Å². The highest BCUT2D eigenvalue weighted by molar-refractivity contribution is 14.0. The number of ether oxygens (including phenoxy) is 1. The third-order valence-corrected chi connectivity index (χ3v) is 5.96. The second kappa shape index (κ2) is 13.3. The van der Waals surface area contributed by atoms with E-state index >= 15 is 0 Å². The number of pyridine rings is 1. The fourth-order valence-corrected chi connectivity index (χ4v) is 4.09. The summed E-state index contributed by atoms with van der Waals surface area (Å²) in [5.74, 6) is 1.88. The fraction of sp³-hybridized carbons (Fsp3) is 0.727. The molecule has 0 aliphatic carbocycles. The third-order valence-electron chi connectivity index (χ3n) is 5.96. The molecule has 1 aromatic heterocycles. The summed E-state index contributed by atoms with van der Waals surface area (Å²) in [6.07, 6.45) is 8.85. The van der Waals surface area contributed by atoms with Gasteiger partial charge in [-0.05, 0) is 44.2 Å². The molecule has 7 nitrogen and oxygen atoms in total. The molecule has 1 unspecified atom stereocenters. The summed E-state index contributed by atoms with van der Waals surface area (Å²) in [5.41, 5.74) is 1.11. The number of aliphatic hydroxyl groups excluding tert-OH is 1. The summed E-state index contributed by atoms with van der Waals surface area (Å²) in [7, 11) is 0. The summed E-state index contributed by atoms with van der Waals surface area (Å²) in [6, 6.07) is 4.26. The highest BCUT2D eigenvalue weighted by atomic mass is 127. The second-order valence-electron chi connectivity index (χ2n) is 8.25. The second-order valence-corrected chi connectivity index (χ2v) is 8.25. The first-order chi connectivity index (χ1) is 14.2. The van der Waals surface area contributed by atoms with Crippen LogP contribution in [0.1, 0.15) is 51.0 Å². The molecule has 2 fully saturated rings. The van der Waals surface area contributed by atoms with E-state index in [0.717, 1.165) is 63.0 Å². The summed E-state index contributed by atoms with van der Waals surface area (Å²) >= 11 is 0. The maximum Gasteiger partial charge on any atom is 0.191 e. The maximum absolute atomic E-state index is 9.41. The minimum atomic E-state index is 0. The van der Waals surface area contributed by atoms with Crippen molar-refractivity contribution in [1.82, 2.24) is 15.6 Å². The van der Waals surface area contributed by atoms with E-state index < -0.39 is 0 Å². The molecule has 0 radical (unpaired) electrons. The summed E-state index contributed by atoms with van der Waals surface area (Å²) < 4.78 is 5.58. The van der Waals surface area contributed by atoms with E-state index in [2.05, 4.69) is 39.6 Å². The molecule has 3 heterocycles. The first kappa shape index (κ1) is 25.1. The Hall–Kier alpha value is -1.13. The number of hydrogen-bond acceptors (Lipinski definition) is 5. The van der Waals surface area contributed by atoms with Gasteiger partial charge in [0.05, 0.1) is 13.2 Å². The molecule has 0 aromatic carbocycles. The zero-order valence-corrected chi connectivity index (χ0v) is 20.6. The Labute approximate surface area is 198 Å². The van der Waals surface area contributed by atoms with Gasteiger partial charge in [0, 0.05) is 51.0 Å². The molecule has 3 N–H and O–H groups in total. The Kier molecular flexibility index (Phi) is 11.2. The zero-order chi connectivity index (χ0) is 20.4. The minimum Gasteiger partial charge on any atom is -0.396 e. The van der Waals surface area contributed by atoms with Crippen LogP contribution < -0.4 is 15.5 Å². The Morgan fingerprint density at radius 3 is 2.63 bits per heavy atom. The van der Waals surface area contributed by atoms with Crippen LogP contribution >= 0.6 is 24.0 Å². The van der Waals surface area contributed by atoms with Crippen molar-refractivity contribution in [3.05, 3.63) is 23.9 Å². The topological polar surface area (TPSA) is 82.0 Å². The van der Waals surface area contributed by atoms with E-state index in [0.29, 0.717) is 13.2 Å². The lowest BCUT2D eigenvalue weighted by Gasteiger charge is -2.27. The van der Waals surface area contributed by atoms with Gasteiger partial charge in [-0.2, -0.15) is 0 Å². The van der Waals surface area contributed by atoms with E-state index in [4.69, 9.17) is 9.73 Å². The first-order valence-electron chi connectivity index (χ1n) is 11.2. The number of halogens is 1. The van der Waals surface area contributed by atoms with Gasteiger partial charge in [0.2, 0.25) is 0 Å². The predicted octanol–water partition coefficient (Wildman–Crippen LogP) is 2.92. The SMILES string of the molecule is CCNC(=NCc1ccc(N2CCCCCC2)nc1)NCC1(CCO)CCOC1.I. The van der Waals surface area contributed by atoms with Crippen LogP contribution in [0.3, 0.4) is 0 Å². The van der Waals surface area contributed by atoms with Crippen LogP contribution in [0.2, 0.25) is 0 Å². The predicted molar refractivity (Wildman–Crippen MR) is 133 cm³/mol. The van der Waals surface area contributed by atoms with Gasteiger partial charge in [0.15, 0.2) is 5.96 Å². The monoisotopic (exact) mass is 531 g/mol. The van der Waals surface area contributed by atoms with Crippen molar-refractivity contribution < 1.29 is 9.84 Å². The maximum atomic E-state index is 9.41. The molecule has 170 valence electrons. The normalized spacial score (nSPS) is 22.3. The van der Waals surface area contributed by atoms with E-state index in [1.165, 1.54) is 25.7 Å². The van der Waals surface area contributed by atoms with E-state index in [1.807, 2.05) is 6.20 Å². The number of guanidine groups is 1. The molecule has 0 amide bonds. The molecular formula is C22H38IN5O2. The van der Waals surface area contributed by atoms with Crippen molar-refractivity contribution in [1.29, 1.82) is 0 Å². The zero-order valence-electron chi connectivity index (χ0n) is 18.2. The Morgan fingerprint density at radius 1 is 1.23 bits per heavy atom. The largest absolute Gasteiger partial charge is 0.396 e. The van der Waals surface area contributed by atoms with Gasteiger partial charge >= 0.3 is 0 Å². The summed E-state index contributed by atoms with van der Waals surface area (Å²) in [6.45, 7) is 8.09. The third kappa shape index (κ3) is 7.53. The fourth-order valence-electron chi connectivity index (χ4n) is 4.09. The molecule has 0 bridgehead atoms. The molecule has 30 heavy (non-hydrogen) atoms. The van der Waals surface area contributed by atoms with E-state index in [1.54, 1.807) is 0 Å². The summed E-state index contributed by atoms with van der Waals surface area (Å²) in [5, 5.41) is 16.2. The number of hydrogen-bond donors (Lipinski definition) is 3. The smallest absolute Gasteiger partial charge is 0.191 e. The van der Waals surface area contributed by atoms with E-state index in [9.17, 15) is 5.11 Å².